The van der Waals surface area contributed by atoms with Crippen molar-refractivity contribution >= 4 is 17.6 Å². The van der Waals surface area contributed by atoms with Gasteiger partial charge in [-0.1, -0.05) is 25.4 Å². The first-order chi connectivity index (χ1) is 10.6. The molecule has 122 valence electrons. The largest absolute Gasteiger partial charge is 0.486 e. The zero-order valence-electron chi connectivity index (χ0n) is 13.2. The average Bonchev–Trinajstić information content (AvgIpc) is 2.47. The molecule has 0 bridgehead atoms. The Labute approximate surface area is 136 Å². The van der Waals surface area contributed by atoms with Gasteiger partial charge in [0.2, 0.25) is 0 Å². The van der Waals surface area contributed by atoms with E-state index >= 15 is 0 Å². The smallest absolute Gasteiger partial charge is 0.188 e. The normalized spacial score (nSPS) is 14.3. The highest BCUT2D eigenvalue weighted by Gasteiger charge is 2.16. The van der Waals surface area contributed by atoms with E-state index < -0.39 is 0 Å². The summed E-state index contributed by atoms with van der Waals surface area (Å²) in [5, 5.41) is 3.71. The highest BCUT2D eigenvalue weighted by atomic mass is 35.5. The SMILES string of the molecule is CC(C)CCN=C(N)NCCc1cc(Cl)c2c(c1)OCCO2. The molecular weight excluding hydrogens is 302 g/mol. The minimum absolute atomic E-state index is 0.490. The van der Waals surface area contributed by atoms with Crippen molar-refractivity contribution in [3.63, 3.8) is 0 Å². The Hall–Kier alpha value is -1.62. The van der Waals surface area contributed by atoms with E-state index in [2.05, 4.69) is 24.2 Å². The van der Waals surface area contributed by atoms with Crippen molar-refractivity contribution in [2.24, 2.45) is 16.6 Å². The van der Waals surface area contributed by atoms with Crippen molar-refractivity contribution in [3.8, 4) is 11.5 Å². The summed E-state index contributed by atoms with van der Waals surface area (Å²) >= 11 is 6.21. The highest BCUT2D eigenvalue weighted by molar-refractivity contribution is 6.32. The van der Waals surface area contributed by atoms with E-state index in [0.717, 1.165) is 24.9 Å². The van der Waals surface area contributed by atoms with Crippen LogP contribution in [0.5, 0.6) is 11.5 Å². The maximum absolute atomic E-state index is 6.21. The first-order valence-corrected chi connectivity index (χ1v) is 8.06. The van der Waals surface area contributed by atoms with Crippen LogP contribution >= 0.6 is 11.6 Å². The van der Waals surface area contributed by atoms with Crippen molar-refractivity contribution in [2.45, 2.75) is 26.7 Å². The van der Waals surface area contributed by atoms with Crippen LogP contribution in [0, 0.1) is 5.92 Å². The second kappa shape index (κ2) is 8.13. The summed E-state index contributed by atoms with van der Waals surface area (Å²) < 4.78 is 11.1. The molecule has 3 N–H and O–H groups in total. The average molecular weight is 326 g/mol. The number of guanidine groups is 1. The quantitative estimate of drug-likeness (QED) is 0.623. The fourth-order valence-corrected chi connectivity index (χ4v) is 2.43. The van der Waals surface area contributed by atoms with Crippen LogP contribution in [-0.4, -0.2) is 32.3 Å². The third kappa shape index (κ3) is 4.98. The van der Waals surface area contributed by atoms with Crippen molar-refractivity contribution in [1.82, 2.24) is 5.32 Å². The predicted octanol–water partition coefficient (Wildman–Crippen LogP) is 2.60. The zero-order chi connectivity index (χ0) is 15.9. The van der Waals surface area contributed by atoms with Gasteiger partial charge in [0.15, 0.2) is 17.5 Å². The molecule has 0 radical (unpaired) electrons. The predicted molar refractivity (Wildman–Crippen MR) is 90.1 cm³/mol. The Morgan fingerprint density at radius 2 is 2.14 bits per heavy atom. The first-order valence-electron chi connectivity index (χ1n) is 7.68. The van der Waals surface area contributed by atoms with E-state index in [0.29, 0.717) is 48.2 Å². The Balaban J connectivity index is 1.83. The number of benzene rings is 1. The van der Waals surface area contributed by atoms with Crippen LogP contribution in [0.4, 0.5) is 0 Å². The molecule has 0 unspecified atom stereocenters. The minimum atomic E-state index is 0.490. The molecule has 1 aliphatic rings. The molecule has 0 aliphatic carbocycles. The third-order valence-corrected chi connectivity index (χ3v) is 3.65. The fraction of sp³-hybridized carbons (Fsp3) is 0.562. The monoisotopic (exact) mass is 325 g/mol. The molecule has 1 heterocycles. The lowest BCUT2D eigenvalue weighted by molar-refractivity contribution is 0.171. The molecule has 1 aliphatic heterocycles. The number of rotatable bonds is 6. The second-order valence-electron chi connectivity index (χ2n) is 5.73. The zero-order valence-corrected chi connectivity index (χ0v) is 13.9. The number of hydrogen-bond donors (Lipinski definition) is 2. The van der Waals surface area contributed by atoms with Gasteiger partial charge in [0, 0.05) is 13.1 Å². The summed E-state index contributed by atoms with van der Waals surface area (Å²) in [6.07, 6.45) is 1.83. The third-order valence-electron chi connectivity index (χ3n) is 3.37. The Kier molecular flexibility index (Phi) is 6.19. The van der Waals surface area contributed by atoms with E-state index in [1.54, 1.807) is 0 Å². The van der Waals surface area contributed by atoms with Gasteiger partial charge < -0.3 is 20.5 Å². The summed E-state index contributed by atoms with van der Waals surface area (Å²) in [5.74, 6) is 2.48. The minimum Gasteiger partial charge on any atom is -0.486 e. The van der Waals surface area contributed by atoms with Gasteiger partial charge in [0.25, 0.3) is 0 Å². The summed E-state index contributed by atoms with van der Waals surface area (Å²) in [4.78, 5) is 4.30. The Morgan fingerprint density at radius 1 is 1.36 bits per heavy atom. The van der Waals surface area contributed by atoms with Crippen LogP contribution in [-0.2, 0) is 6.42 Å². The van der Waals surface area contributed by atoms with Crippen LogP contribution in [0.3, 0.4) is 0 Å². The van der Waals surface area contributed by atoms with Gasteiger partial charge >= 0.3 is 0 Å². The lowest BCUT2D eigenvalue weighted by Gasteiger charge is -2.20. The number of fused-ring (bicyclic) bond motifs is 1. The number of halogens is 1. The summed E-state index contributed by atoms with van der Waals surface area (Å²) in [5.41, 5.74) is 6.91. The van der Waals surface area contributed by atoms with Gasteiger partial charge in [0.1, 0.15) is 13.2 Å². The number of nitrogens with one attached hydrogen (secondary N) is 1. The summed E-state index contributed by atoms with van der Waals surface area (Å²) in [7, 11) is 0. The lowest BCUT2D eigenvalue weighted by Crippen LogP contribution is -2.33. The number of aliphatic imine (C=N–C) groups is 1. The van der Waals surface area contributed by atoms with Gasteiger partial charge in [0.05, 0.1) is 5.02 Å². The lowest BCUT2D eigenvalue weighted by atomic mass is 10.1. The van der Waals surface area contributed by atoms with Crippen LogP contribution < -0.4 is 20.5 Å². The van der Waals surface area contributed by atoms with Crippen LogP contribution in [0.2, 0.25) is 5.02 Å². The van der Waals surface area contributed by atoms with E-state index in [1.165, 1.54) is 0 Å². The van der Waals surface area contributed by atoms with Crippen molar-refractivity contribution < 1.29 is 9.47 Å². The molecule has 5 nitrogen and oxygen atoms in total. The fourth-order valence-electron chi connectivity index (χ4n) is 2.14. The van der Waals surface area contributed by atoms with Gasteiger partial charge in [-0.25, -0.2) is 0 Å². The van der Waals surface area contributed by atoms with Crippen molar-refractivity contribution in [2.75, 3.05) is 26.3 Å². The molecule has 0 saturated heterocycles. The van der Waals surface area contributed by atoms with Crippen molar-refractivity contribution in [1.29, 1.82) is 0 Å². The molecular formula is C16H24ClN3O2. The van der Waals surface area contributed by atoms with E-state index in [9.17, 15) is 0 Å². The first kappa shape index (κ1) is 16.7. The van der Waals surface area contributed by atoms with Gasteiger partial charge in [-0.3, -0.25) is 4.99 Å². The summed E-state index contributed by atoms with van der Waals surface area (Å²) in [6.45, 7) is 6.90. The molecule has 6 heteroatoms. The Bertz CT molecular complexity index is 532. The second-order valence-corrected chi connectivity index (χ2v) is 6.14. The molecule has 0 aromatic heterocycles. The highest BCUT2D eigenvalue weighted by Crippen LogP contribution is 2.38. The molecule has 0 fully saturated rings. The van der Waals surface area contributed by atoms with Crippen molar-refractivity contribution in [3.05, 3.63) is 22.7 Å². The standard InChI is InChI=1S/C16H24ClN3O2/c1-11(2)3-5-19-16(18)20-6-4-12-9-13(17)15-14(10-12)21-7-8-22-15/h9-11H,3-8H2,1-2H3,(H3,18,19,20). The van der Waals surface area contributed by atoms with Crippen LogP contribution in [0.15, 0.2) is 17.1 Å². The molecule has 0 saturated carbocycles. The maximum Gasteiger partial charge on any atom is 0.188 e. The molecule has 2 rings (SSSR count). The van der Waals surface area contributed by atoms with E-state index in [1.807, 2.05) is 12.1 Å². The van der Waals surface area contributed by atoms with E-state index in [4.69, 9.17) is 26.8 Å². The summed E-state index contributed by atoms with van der Waals surface area (Å²) in [6, 6.07) is 3.87. The Morgan fingerprint density at radius 3 is 2.91 bits per heavy atom. The van der Waals surface area contributed by atoms with Gasteiger partial charge in [-0.05, 0) is 36.5 Å². The topological polar surface area (TPSA) is 68.9 Å². The van der Waals surface area contributed by atoms with Gasteiger partial charge in [-0.15, -0.1) is 0 Å². The molecule has 0 atom stereocenters. The van der Waals surface area contributed by atoms with E-state index in [-0.39, 0.29) is 0 Å². The molecule has 1 aromatic carbocycles. The number of nitrogens with zero attached hydrogens (tertiary/aromatic N) is 1. The maximum atomic E-state index is 6.21. The van der Waals surface area contributed by atoms with Crippen LogP contribution in [0.1, 0.15) is 25.8 Å². The number of ether oxygens (including phenoxy) is 2. The number of nitrogens with two attached hydrogens (primary N) is 1. The molecule has 0 amide bonds. The molecule has 1 aromatic rings. The van der Waals surface area contributed by atoms with Gasteiger partial charge in [-0.2, -0.15) is 0 Å². The van der Waals surface area contributed by atoms with Crippen LogP contribution in [0.25, 0.3) is 0 Å². The molecule has 22 heavy (non-hydrogen) atoms. The molecule has 0 spiro atoms. The number of hydrogen-bond acceptors (Lipinski definition) is 3.